The van der Waals surface area contributed by atoms with Gasteiger partial charge in [0.25, 0.3) is 5.91 Å². The van der Waals surface area contributed by atoms with Gasteiger partial charge in [-0.25, -0.2) is 4.79 Å². The van der Waals surface area contributed by atoms with Gasteiger partial charge in [0.05, 0.1) is 22.8 Å². The van der Waals surface area contributed by atoms with Crippen molar-refractivity contribution >= 4 is 86.1 Å². The van der Waals surface area contributed by atoms with Gasteiger partial charge in [-0.05, 0) is 92.6 Å². The Morgan fingerprint density at radius 1 is 0.867 bits per heavy atom. The number of carbonyl (C=O) groups excluding carboxylic acids is 4. The number of benzene rings is 3. The van der Waals surface area contributed by atoms with Gasteiger partial charge in [0.2, 0.25) is 5.91 Å². The number of thiophene rings is 1. The molecule has 0 saturated carbocycles. The number of nitrogens with one attached hydrogen (secondary N) is 4. The number of hydrogen-bond acceptors (Lipinski definition) is 8. The standard InChI is InChI=1S/C33H32N4O5S3/c1-5-26(44-25-13-9-12-24(18-25)36-33(43)35-23-16-14-21(15-17-23)20(3)38)29(39)37-31-27(32(41)42-4)19(2)28(45-31)30(40)34-22-10-7-6-8-11-22/h6-18,26H,5H2,1-4H3,(H,34,40)(H,37,39)(H2,35,36,43). The van der Waals surface area contributed by atoms with E-state index >= 15 is 0 Å². The van der Waals surface area contributed by atoms with E-state index in [9.17, 15) is 19.2 Å². The molecule has 4 aromatic rings. The highest BCUT2D eigenvalue weighted by Gasteiger charge is 2.28. The number of thioether (sulfide) groups is 1. The smallest absolute Gasteiger partial charge is 0.341 e. The van der Waals surface area contributed by atoms with Crippen LogP contribution < -0.4 is 21.3 Å². The van der Waals surface area contributed by atoms with Crippen LogP contribution in [0.3, 0.4) is 0 Å². The molecule has 0 radical (unpaired) electrons. The normalized spacial score (nSPS) is 11.2. The van der Waals surface area contributed by atoms with Crippen molar-refractivity contribution in [2.24, 2.45) is 0 Å². The molecule has 45 heavy (non-hydrogen) atoms. The highest BCUT2D eigenvalue weighted by atomic mass is 32.2. The van der Waals surface area contributed by atoms with Gasteiger partial charge < -0.3 is 26.0 Å². The van der Waals surface area contributed by atoms with Crippen LogP contribution in [0.2, 0.25) is 0 Å². The van der Waals surface area contributed by atoms with Crippen LogP contribution in [0.25, 0.3) is 0 Å². The molecule has 1 aromatic heterocycles. The fourth-order valence-electron chi connectivity index (χ4n) is 4.28. The summed E-state index contributed by atoms with van der Waals surface area (Å²) in [6, 6.07) is 23.5. The Bertz CT molecular complexity index is 1720. The highest BCUT2D eigenvalue weighted by Crippen LogP contribution is 2.36. The highest BCUT2D eigenvalue weighted by molar-refractivity contribution is 8.00. The second kappa shape index (κ2) is 15.5. The van der Waals surface area contributed by atoms with Crippen LogP contribution in [0.15, 0.2) is 83.8 Å². The number of Topliss-reactive ketones (excluding diaryl/α,β-unsaturated/α-hetero) is 1. The number of anilines is 4. The summed E-state index contributed by atoms with van der Waals surface area (Å²) in [4.78, 5) is 51.9. The van der Waals surface area contributed by atoms with Gasteiger partial charge in [-0.1, -0.05) is 31.2 Å². The van der Waals surface area contributed by atoms with E-state index in [4.69, 9.17) is 17.0 Å². The number of ether oxygens (including phenoxy) is 1. The zero-order valence-corrected chi connectivity index (χ0v) is 27.5. The molecule has 0 saturated heterocycles. The number of thiocarbonyl (C=S) groups is 1. The van der Waals surface area contributed by atoms with Gasteiger partial charge >= 0.3 is 5.97 Å². The Labute approximate surface area is 275 Å². The lowest BCUT2D eigenvalue weighted by Gasteiger charge is -2.16. The summed E-state index contributed by atoms with van der Waals surface area (Å²) in [6.45, 7) is 5.07. The molecule has 4 N–H and O–H groups in total. The fourth-order valence-corrected chi connectivity index (χ4v) is 6.63. The van der Waals surface area contributed by atoms with Gasteiger partial charge in [-0.3, -0.25) is 14.4 Å². The Morgan fingerprint density at radius 3 is 2.16 bits per heavy atom. The largest absolute Gasteiger partial charge is 0.465 e. The number of carbonyl (C=O) groups is 4. The number of methoxy groups -OCH3 is 1. The minimum absolute atomic E-state index is 0.0129. The Balaban J connectivity index is 1.45. The lowest BCUT2D eigenvalue weighted by Crippen LogP contribution is -2.25. The predicted molar refractivity (Wildman–Crippen MR) is 186 cm³/mol. The summed E-state index contributed by atoms with van der Waals surface area (Å²) in [6.07, 6.45) is 0.504. The molecule has 232 valence electrons. The number of hydrogen-bond donors (Lipinski definition) is 4. The van der Waals surface area contributed by atoms with Crippen molar-refractivity contribution in [1.82, 2.24) is 0 Å². The lowest BCUT2D eigenvalue weighted by molar-refractivity contribution is -0.115. The molecular formula is C33H32N4O5S3. The first-order valence-corrected chi connectivity index (χ1v) is 16.0. The molecule has 1 atom stereocenters. The third-order valence-electron chi connectivity index (χ3n) is 6.59. The van der Waals surface area contributed by atoms with E-state index in [0.29, 0.717) is 33.2 Å². The van der Waals surface area contributed by atoms with Crippen LogP contribution in [-0.4, -0.2) is 41.0 Å². The van der Waals surface area contributed by atoms with Crippen molar-refractivity contribution in [2.75, 3.05) is 28.4 Å². The van der Waals surface area contributed by atoms with E-state index in [-0.39, 0.29) is 28.2 Å². The molecule has 0 aliphatic heterocycles. The lowest BCUT2D eigenvalue weighted by atomic mass is 10.1. The van der Waals surface area contributed by atoms with Gasteiger partial charge in [-0.15, -0.1) is 23.1 Å². The molecule has 0 bridgehead atoms. The molecule has 1 heterocycles. The van der Waals surface area contributed by atoms with Gasteiger partial charge in [-0.2, -0.15) is 0 Å². The number of esters is 1. The average molecular weight is 661 g/mol. The number of rotatable bonds is 11. The summed E-state index contributed by atoms with van der Waals surface area (Å²) in [5.74, 6) is -1.35. The first-order chi connectivity index (χ1) is 21.6. The van der Waals surface area contributed by atoms with E-state index in [1.165, 1.54) is 25.8 Å². The zero-order chi connectivity index (χ0) is 32.5. The van der Waals surface area contributed by atoms with Crippen molar-refractivity contribution in [3.05, 3.63) is 100 Å². The van der Waals surface area contributed by atoms with E-state index in [0.717, 1.165) is 27.6 Å². The SMILES string of the molecule is CCC(Sc1cccc(NC(=S)Nc2ccc(C(C)=O)cc2)c1)C(=O)Nc1sc(C(=O)Nc2ccccc2)c(C)c1C(=O)OC. The number of para-hydroxylation sites is 1. The molecule has 12 heteroatoms. The molecule has 9 nitrogen and oxygen atoms in total. The minimum atomic E-state index is -0.642. The van der Waals surface area contributed by atoms with Crippen molar-refractivity contribution in [1.29, 1.82) is 0 Å². The van der Waals surface area contributed by atoms with Crippen LogP contribution in [-0.2, 0) is 9.53 Å². The third-order valence-corrected chi connectivity index (χ3v) is 9.36. The second-order valence-electron chi connectivity index (χ2n) is 9.82. The van der Waals surface area contributed by atoms with Gasteiger partial charge in [0.1, 0.15) is 5.00 Å². The van der Waals surface area contributed by atoms with Crippen LogP contribution in [0.5, 0.6) is 0 Å². The molecule has 0 aliphatic carbocycles. The van der Waals surface area contributed by atoms with Crippen molar-refractivity contribution < 1.29 is 23.9 Å². The van der Waals surface area contributed by atoms with E-state index in [2.05, 4.69) is 21.3 Å². The van der Waals surface area contributed by atoms with Crippen LogP contribution >= 0.6 is 35.3 Å². The first kappa shape index (κ1) is 33.4. The minimum Gasteiger partial charge on any atom is -0.465 e. The zero-order valence-electron chi connectivity index (χ0n) is 25.1. The maximum atomic E-state index is 13.5. The van der Waals surface area contributed by atoms with Crippen LogP contribution in [0.4, 0.5) is 22.1 Å². The number of ketones is 1. The maximum Gasteiger partial charge on any atom is 0.341 e. The Hall–Kier alpha value is -4.52. The van der Waals surface area contributed by atoms with E-state index in [1.807, 2.05) is 37.3 Å². The fraction of sp³-hybridized carbons (Fsp3) is 0.182. The Morgan fingerprint density at radius 2 is 1.51 bits per heavy atom. The van der Waals surface area contributed by atoms with Crippen molar-refractivity contribution in [3.8, 4) is 0 Å². The summed E-state index contributed by atoms with van der Waals surface area (Å²) in [5.41, 5.74) is 3.26. The summed E-state index contributed by atoms with van der Waals surface area (Å²) in [7, 11) is 1.26. The number of amides is 2. The van der Waals surface area contributed by atoms with Crippen LogP contribution in [0.1, 0.15) is 56.2 Å². The van der Waals surface area contributed by atoms with E-state index < -0.39 is 11.2 Å². The van der Waals surface area contributed by atoms with Crippen LogP contribution in [0, 0.1) is 6.92 Å². The maximum absolute atomic E-state index is 13.5. The molecule has 0 fully saturated rings. The van der Waals surface area contributed by atoms with E-state index in [1.54, 1.807) is 55.5 Å². The second-order valence-corrected chi connectivity index (χ2v) is 12.5. The topological polar surface area (TPSA) is 126 Å². The molecule has 0 aliphatic rings. The summed E-state index contributed by atoms with van der Waals surface area (Å²) < 4.78 is 4.97. The van der Waals surface area contributed by atoms with Crippen molar-refractivity contribution in [3.63, 3.8) is 0 Å². The van der Waals surface area contributed by atoms with Gasteiger partial charge in [0.15, 0.2) is 10.9 Å². The Kier molecular flexibility index (Phi) is 11.5. The predicted octanol–water partition coefficient (Wildman–Crippen LogP) is 7.62. The molecule has 2 amide bonds. The molecular weight excluding hydrogens is 629 g/mol. The summed E-state index contributed by atoms with van der Waals surface area (Å²) in [5, 5.41) is 12.1. The molecule has 4 rings (SSSR count). The third kappa shape index (κ3) is 8.78. The quantitative estimate of drug-likeness (QED) is 0.0556. The van der Waals surface area contributed by atoms with Crippen molar-refractivity contribution in [2.45, 2.75) is 37.3 Å². The molecule has 3 aromatic carbocycles. The molecule has 0 spiro atoms. The average Bonchev–Trinajstić information content (AvgIpc) is 3.35. The summed E-state index contributed by atoms with van der Waals surface area (Å²) >= 11 is 7.85. The first-order valence-electron chi connectivity index (χ1n) is 13.9. The monoisotopic (exact) mass is 660 g/mol. The molecule has 1 unspecified atom stereocenters. The van der Waals surface area contributed by atoms with Gasteiger partial charge in [0, 0.05) is 27.5 Å².